The zero-order valence-corrected chi connectivity index (χ0v) is 10.1. The van der Waals surface area contributed by atoms with Crippen LogP contribution in [0.5, 0.6) is 0 Å². The number of rotatable bonds is 2. The Labute approximate surface area is 101 Å². The minimum absolute atomic E-state index is 0.265. The van der Waals surface area contributed by atoms with Gasteiger partial charge in [-0.1, -0.05) is 6.07 Å². The molecule has 0 aliphatic heterocycles. The lowest BCUT2D eigenvalue weighted by Gasteiger charge is -2.00. The van der Waals surface area contributed by atoms with Crippen molar-refractivity contribution in [3.05, 3.63) is 40.4 Å². The van der Waals surface area contributed by atoms with Crippen molar-refractivity contribution in [2.24, 2.45) is 0 Å². The molecule has 0 saturated heterocycles. The second-order valence-corrected chi connectivity index (χ2v) is 4.92. The maximum absolute atomic E-state index is 13.8. The Morgan fingerprint density at radius 2 is 2.19 bits per heavy atom. The zero-order valence-electron chi connectivity index (χ0n) is 8.50. The third-order valence-corrected chi connectivity index (χ3v) is 3.43. The molecule has 4 heteroatoms. The fourth-order valence-electron chi connectivity index (χ4n) is 1.76. The Balaban J connectivity index is 2.03. The summed E-state index contributed by atoms with van der Waals surface area (Å²) in [6.45, 7) is 0. The van der Waals surface area contributed by atoms with E-state index in [1.807, 2.05) is 12.3 Å². The van der Waals surface area contributed by atoms with Gasteiger partial charge in [0.1, 0.15) is 11.6 Å². The SMILES string of the molecule is Fc1c(Br)cccc1-c1ncc(C2CC2)[nH]1. The highest BCUT2D eigenvalue weighted by molar-refractivity contribution is 9.10. The van der Waals surface area contributed by atoms with Gasteiger partial charge < -0.3 is 4.98 Å². The van der Waals surface area contributed by atoms with Crippen molar-refractivity contribution in [1.82, 2.24) is 9.97 Å². The Morgan fingerprint density at radius 3 is 2.94 bits per heavy atom. The molecule has 1 aromatic carbocycles. The summed E-state index contributed by atoms with van der Waals surface area (Å²) in [7, 11) is 0. The van der Waals surface area contributed by atoms with E-state index < -0.39 is 0 Å². The van der Waals surface area contributed by atoms with E-state index in [4.69, 9.17) is 0 Å². The average molecular weight is 281 g/mol. The average Bonchev–Trinajstić information content (AvgIpc) is 3.02. The molecule has 1 saturated carbocycles. The van der Waals surface area contributed by atoms with Crippen molar-refractivity contribution < 1.29 is 4.39 Å². The fourth-order valence-corrected chi connectivity index (χ4v) is 2.13. The monoisotopic (exact) mass is 280 g/mol. The standard InChI is InChI=1S/C12H10BrFN2/c13-9-3-1-2-8(11(9)14)12-15-6-10(16-12)7-4-5-7/h1-3,6-7H,4-5H2,(H,15,16). The van der Waals surface area contributed by atoms with E-state index in [1.165, 1.54) is 12.8 Å². The van der Waals surface area contributed by atoms with E-state index >= 15 is 0 Å². The van der Waals surface area contributed by atoms with Gasteiger partial charge >= 0.3 is 0 Å². The van der Waals surface area contributed by atoms with Gasteiger partial charge in [0.15, 0.2) is 0 Å². The first-order valence-electron chi connectivity index (χ1n) is 5.25. The Kier molecular flexibility index (Phi) is 2.32. The van der Waals surface area contributed by atoms with Gasteiger partial charge in [0, 0.05) is 17.8 Å². The minimum atomic E-state index is -0.265. The van der Waals surface area contributed by atoms with Crippen LogP contribution in [0.4, 0.5) is 4.39 Å². The summed E-state index contributed by atoms with van der Waals surface area (Å²) in [5.74, 6) is 0.955. The van der Waals surface area contributed by atoms with Crippen LogP contribution >= 0.6 is 15.9 Å². The van der Waals surface area contributed by atoms with Gasteiger partial charge in [-0.05, 0) is 40.9 Å². The van der Waals surface area contributed by atoms with Crippen LogP contribution in [0.2, 0.25) is 0 Å². The lowest BCUT2D eigenvalue weighted by Crippen LogP contribution is -1.88. The second kappa shape index (κ2) is 3.70. The van der Waals surface area contributed by atoms with Crippen molar-refractivity contribution in [3.8, 4) is 11.4 Å². The largest absolute Gasteiger partial charge is 0.342 e. The second-order valence-electron chi connectivity index (χ2n) is 4.06. The molecular weight excluding hydrogens is 271 g/mol. The number of hydrogen-bond acceptors (Lipinski definition) is 1. The summed E-state index contributed by atoms with van der Waals surface area (Å²) < 4.78 is 14.3. The van der Waals surface area contributed by atoms with Crippen molar-refractivity contribution in [1.29, 1.82) is 0 Å². The molecule has 82 valence electrons. The van der Waals surface area contributed by atoms with Crippen LogP contribution in [-0.4, -0.2) is 9.97 Å². The predicted molar refractivity (Wildman–Crippen MR) is 63.7 cm³/mol. The van der Waals surface area contributed by atoms with Crippen LogP contribution in [0.25, 0.3) is 11.4 Å². The number of benzene rings is 1. The number of aromatic amines is 1. The molecule has 0 atom stereocenters. The molecule has 1 heterocycles. The summed E-state index contributed by atoms with van der Waals surface area (Å²) in [6.07, 6.45) is 4.23. The van der Waals surface area contributed by atoms with Crippen molar-refractivity contribution >= 4 is 15.9 Å². The van der Waals surface area contributed by atoms with E-state index in [0.29, 0.717) is 21.8 Å². The number of halogens is 2. The zero-order chi connectivity index (χ0) is 11.1. The van der Waals surface area contributed by atoms with Gasteiger partial charge in [0.2, 0.25) is 0 Å². The highest BCUT2D eigenvalue weighted by atomic mass is 79.9. The summed E-state index contributed by atoms with van der Waals surface area (Å²) >= 11 is 3.17. The molecule has 3 rings (SSSR count). The third kappa shape index (κ3) is 1.67. The van der Waals surface area contributed by atoms with Crippen LogP contribution in [0, 0.1) is 5.82 Å². The van der Waals surface area contributed by atoms with Crippen molar-refractivity contribution in [2.75, 3.05) is 0 Å². The predicted octanol–water partition coefficient (Wildman–Crippen LogP) is 3.86. The molecule has 1 aliphatic carbocycles. The van der Waals surface area contributed by atoms with E-state index in [-0.39, 0.29) is 5.82 Å². The maximum Gasteiger partial charge on any atom is 0.148 e. The normalized spacial score (nSPS) is 15.4. The molecule has 0 radical (unpaired) electrons. The highest BCUT2D eigenvalue weighted by Crippen LogP contribution is 2.39. The molecule has 0 bridgehead atoms. The molecule has 16 heavy (non-hydrogen) atoms. The molecule has 0 spiro atoms. The number of hydrogen-bond donors (Lipinski definition) is 1. The Morgan fingerprint density at radius 1 is 1.38 bits per heavy atom. The lowest BCUT2D eigenvalue weighted by atomic mass is 10.2. The van der Waals surface area contributed by atoms with Gasteiger partial charge in [0.05, 0.1) is 10.0 Å². The summed E-state index contributed by atoms with van der Waals surface area (Å²) in [4.78, 5) is 7.42. The van der Waals surface area contributed by atoms with Crippen LogP contribution in [0.1, 0.15) is 24.5 Å². The summed E-state index contributed by atoms with van der Waals surface area (Å²) in [6, 6.07) is 5.22. The molecule has 1 aromatic heterocycles. The van der Waals surface area contributed by atoms with Gasteiger partial charge in [-0.3, -0.25) is 0 Å². The molecule has 0 amide bonds. The molecule has 1 N–H and O–H groups in total. The fraction of sp³-hybridized carbons (Fsp3) is 0.250. The highest BCUT2D eigenvalue weighted by Gasteiger charge is 2.25. The Bertz CT molecular complexity index is 532. The van der Waals surface area contributed by atoms with Crippen molar-refractivity contribution in [3.63, 3.8) is 0 Å². The topological polar surface area (TPSA) is 28.7 Å². The maximum atomic E-state index is 13.8. The number of nitrogens with one attached hydrogen (secondary N) is 1. The van der Waals surface area contributed by atoms with Crippen LogP contribution in [0.3, 0.4) is 0 Å². The van der Waals surface area contributed by atoms with Crippen LogP contribution in [0.15, 0.2) is 28.9 Å². The van der Waals surface area contributed by atoms with Gasteiger partial charge in [-0.2, -0.15) is 0 Å². The third-order valence-electron chi connectivity index (χ3n) is 2.82. The molecule has 2 nitrogen and oxygen atoms in total. The van der Waals surface area contributed by atoms with E-state index in [1.54, 1.807) is 12.1 Å². The number of nitrogens with zero attached hydrogens (tertiary/aromatic N) is 1. The van der Waals surface area contributed by atoms with Crippen LogP contribution in [-0.2, 0) is 0 Å². The quantitative estimate of drug-likeness (QED) is 0.889. The number of aromatic nitrogens is 2. The molecule has 2 aromatic rings. The first-order valence-corrected chi connectivity index (χ1v) is 6.04. The number of H-pyrrole nitrogens is 1. The van der Waals surface area contributed by atoms with E-state index in [2.05, 4.69) is 25.9 Å². The molecule has 0 unspecified atom stereocenters. The Hall–Kier alpha value is -1.16. The van der Waals surface area contributed by atoms with Crippen molar-refractivity contribution in [2.45, 2.75) is 18.8 Å². The van der Waals surface area contributed by atoms with E-state index in [9.17, 15) is 4.39 Å². The first-order chi connectivity index (χ1) is 7.75. The summed E-state index contributed by atoms with van der Waals surface area (Å²) in [5, 5.41) is 0. The van der Waals surface area contributed by atoms with Gasteiger partial charge in [-0.25, -0.2) is 9.37 Å². The first kappa shape index (κ1) is 10.0. The minimum Gasteiger partial charge on any atom is -0.342 e. The molecule has 1 aliphatic rings. The van der Waals surface area contributed by atoms with E-state index in [0.717, 1.165) is 5.69 Å². The van der Waals surface area contributed by atoms with Gasteiger partial charge in [0.25, 0.3) is 0 Å². The molecular formula is C12H10BrFN2. The van der Waals surface area contributed by atoms with Gasteiger partial charge in [-0.15, -0.1) is 0 Å². The summed E-state index contributed by atoms with van der Waals surface area (Å²) in [5.41, 5.74) is 1.63. The van der Waals surface area contributed by atoms with Crippen LogP contribution < -0.4 is 0 Å². The lowest BCUT2D eigenvalue weighted by molar-refractivity contribution is 0.623. The number of imidazole rings is 1. The molecule has 1 fully saturated rings. The smallest absolute Gasteiger partial charge is 0.148 e.